The summed E-state index contributed by atoms with van der Waals surface area (Å²) in [4.78, 5) is 11.9. The standard InChI is InChI=1S/C10H11NO4S/c1-15-7-6-11-10(12)8-4-2-3-5-9(8)16(11,13)14/h2-5H,6-7H2,1H3. The van der Waals surface area contributed by atoms with Crippen molar-refractivity contribution in [1.82, 2.24) is 4.31 Å². The van der Waals surface area contributed by atoms with Crippen LogP contribution in [0.3, 0.4) is 0 Å². The van der Waals surface area contributed by atoms with Gasteiger partial charge in [-0.3, -0.25) is 4.79 Å². The number of carbonyl (C=O) groups excluding carboxylic acids is 1. The van der Waals surface area contributed by atoms with E-state index in [2.05, 4.69) is 0 Å². The van der Waals surface area contributed by atoms with Crippen LogP contribution in [-0.4, -0.2) is 38.9 Å². The van der Waals surface area contributed by atoms with Crippen molar-refractivity contribution >= 4 is 15.9 Å². The van der Waals surface area contributed by atoms with Crippen molar-refractivity contribution in [1.29, 1.82) is 0 Å². The lowest BCUT2D eigenvalue weighted by atomic mass is 10.2. The first-order valence-corrected chi connectivity index (χ1v) is 6.18. The molecule has 0 radical (unpaired) electrons. The molecular weight excluding hydrogens is 230 g/mol. The minimum absolute atomic E-state index is 0.0480. The van der Waals surface area contributed by atoms with Gasteiger partial charge in [-0.2, -0.15) is 0 Å². The maximum atomic E-state index is 12.0. The van der Waals surface area contributed by atoms with Gasteiger partial charge < -0.3 is 4.74 Å². The predicted octanol–water partition coefficient (Wildman–Crippen LogP) is 0.477. The van der Waals surface area contributed by atoms with Gasteiger partial charge in [0.15, 0.2) is 0 Å². The molecular formula is C10H11NO4S. The number of rotatable bonds is 3. The molecule has 0 N–H and O–H groups in total. The van der Waals surface area contributed by atoms with E-state index in [4.69, 9.17) is 4.74 Å². The molecule has 2 rings (SSSR count). The van der Waals surface area contributed by atoms with Crippen LogP contribution in [0.4, 0.5) is 0 Å². The molecule has 1 heterocycles. The summed E-state index contributed by atoms with van der Waals surface area (Å²) >= 11 is 0. The van der Waals surface area contributed by atoms with Gasteiger partial charge in [0.05, 0.1) is 18.7 Å². The van der Waals surface area contributed by atoms with Crippen LogP contribution in [0, 0.1) is 0 Å². The third-order valence-electron chi connectivity index (χ3n) is 2.41. The highest BCUT2D eigenvalue weighted by Crippen LogP contribution is 2.29. The molecule has 0 bridgehead atoms. The summed E-state index contributed by atoms with van der Waals surface area (Å²) in [5.41, 5.74) is 0.235. The summed E-state index contributed by atoms with van der Waals surface area (Å²) in [6.45, 7) is 0.241. The molecule has 0 atom stereocenters. The number of fused-ring (bicyclic) bond motifs is 1. The molecule has 0 saturated heterocycles. The molecule has 0 aliphatic carbocycles. The zero-order valence-corrected chi connectivity index (χ0v) is 9.53. The number of hydrogen-bond donors (Lipinski definition) is 0. The second kappa shape index (κ2) is 3.88. The van der Waals surface area contributed by atoms with Gasteiger partial charge in [-0.15, -0.1) is 0 Å². The number of amides is 1. The maximum Gasteiger partial charge on any atom is 0.269 e. The van der Waals surface area contributed by atoms with Crippen molar-refractivity contribution in [3.05, 3.63) is 29.8 Å². The average Bonchev–Trinajstić information content (AvgIpc) is 2.46. The molecule has 1 aromatic rings. The number of nitrogens with zero attached hydrogens (tertiary/aromatic N) is 1. The smallest absolute Gasteiger partial charge is 0.269 e. The van der Waals surface area contributed by atoms with E-state index in [1.165, 1.54) is 19.2 Å². The highest BCUT2D eigenvalue weighted by molar-refractivity contribution is 7.90. The van der Waals surface area contributed by atoms with E-state index in [-0.39, 0.29) is 23.6 Å². The van der Waals surface area contributed by atoms with Gasteiger partial charge in [-0.05, 0) is 12.1 Å². The van der Waals surface area contributed by atoms with E-state index >= 15 is 0 Å². The maximum absolute atomic E-state index is 12.0. The van der Waals surface area contributed by atoms with Crippen molar-refractivity contribution in [2.75, 3.05) is 20.3 Å². The zero-order chi connectivity index (χ0) is 11.8. The number of hydrogen-bond acceptors (Lipinski definition) is 4. The van der Waals surface area contributed by atoms with Gasteiger partial charge >= 0.3 is 0 Å². The van der Waals surface area contributed by atoms with Crippen molar-refractivity contribution in [3.63, 3.8) is 0 Å². The number of benzene rings is 1. The molecule has 0 aromatic heterocycles. The molecule has 1 aliphatic heterocycles. The summed E-state index contributed by atoms with van der Waals surface area (Å²) < 4.78 is 29.5. The summed E-state index contributed by atoms with van der Waals surface area (Å²) in [5, 5.41) is 0. The Kier molecular flexibility index (Phi) is 2.69. The minimum atomic E-state index is -3.66. The Bertz CT molecular complexity index is 523. The summed E-state index contributed by atoms with van der Waals surface area (Å²) in [6, 6.07) is 6.20. The van der Waals surface area contributed by atoms with Crippen LogP contribution in [0.1, 0.15) is 10.4 Å². The summed E-state index contributed by atoms with van der Waals surface area (Å²) in [7, 11) is -2.21. The molecule has 16 heavy (non-hydrogen) atoms. The Hall–Kier alpha value is -1.40. The Balaban J connectivity index is 2.46. The fourth-order valence-electron chi connectivity index (χ4n) is 1.63. The van der Waals surface area contributed by atoms with Crippen molar-refractivity contribution < 1.29 is 17.9 Å². The third-order valence-corrected chi connectivity index (χ3v) is 4.25. The molecule has 1 aliphatic rings. The van der Waals surface area contributed by atoms with Crippen molar-refractivity contribution in [3.8, 4) is 0 Å². The molecule has 0 spiro atoms. The van der Waals surface area contributed by atoms with Gasteiger partial charge in [-0.1, -0.05) is 12.1 Å². The average molecular weight is 241 g/mol. The fourth-order valence-corrected chi connectivity index (χ4v) is 3.18. The Labute approximate surface area is 93.7 Å². The number of methoxy groups -OCH3 is 1. The molecule has 86 valence electrons. The molecule has 5 nitrogen and oxygen atoms in total. The monoisotopic (exact) mass is 241 g/mol. The van der Waals surface area contributed by atoms with Gasteiger partial charge in [0.1, 0.15) is 4.90 Å². The van der Waals surface area contributed by atoms with Crippen LogP contribution < -0.4 is 0 Å². The van der Waals surface area contributed by atoms with Gasteiger partial charge in [0.2, 0.25) is 0 Å². The van der Waals surface area contributed by atoms with Crippen LogP contribution in [0.25, 0.3) is 0 Å². The number of sulfonamides is 1. The van der Waals surface area contributed by atoms with Gasteiger partial charge in [0, 0.05) is 7.11 Å². The molecule has 0 fully saturated rings. The second-order valence-electron chi connectivity index (χ2n) is 3.37. The van der Waals surface area contributed by atoms with E-state index in [0.29, 0.717) is 0 Å². The van der Waals surface area contributed by atoms with E-state index in [9.17, 15) is 13.2 Å². The van der Waals surface area contributed by atoms with Crippen LogP contribution in [0.15, 0.2) is 29.2 Å². The molecule has 0 saturated carbocycles. The topological polar surface area (TPSA) is 63.7 Å². The normalized spacial score (nSPS) is 17.6. The lowest BCUT2D eigenvalue weighted by molar-refractivity contribution is 0.0837. The lowest BCUT2D eigenvalue weighted by Gasteiger charge is -2.13. The fraction of sp³-hybridized carbons (Fsp3) is 0.300. The van der Waals surface area contributed by atoms with Gasteiger partial charge in [0.25, 0.3) is 15.9 Å². The first-order valence-electron chi connectivity index (χ1n) is 4.74. The lowest BCUT2D eigenvalue weighted by Crippen LogP contribution is -2.32. The first-order chi connectivity index (χ1) is 7.59. The van der Waals surface area contributed by atoms with Crippen molar-refractivity contribution in [2.45, 2.75) is 4.90 Å². The predicted molar refractivity (Wildman–Crippen MR) is 56.5 cm³/mol. The van der Waals surface area contributed by atoms with Crippen LogP contribution in [0.2, 0.25) is 0 Å². The van der Waals surface area contributed by atoms with E-state index in [1.807, 2.05) is 0 Å². The third kappa shape index (κ3) is 1.50. The highest BCUT2D eigenvalue weighted by atomic mass is 32.2. The number of ether oxygens (including phenoxy) is 1. The Morgan fingerprint density at radius 3 is 2.62 bits per heavy atom. The molecule has 1 aromatic carbocycles. The first kappa shape index (κ1) is 11.1. The zero-order valence-electron chi connectivity index (χ0n) is 8.71. The minimum Gasteiger partial charge on any atom is -0.383 e. The van der Waals surface area contributed by atoms with Crippen molar-refractivity contribution in [2.24, 2.45) is 0 Å². The quantitative estimate of drug-likeness (QED) is 0.772. The SMILES string of the molecule is COCCN1C(=O)c2ccccc2S1(=O)=O. The largest absolute Gasteiger partial charge is 0.383 e. The van der Waals surface area contributed by atoms with E-state index < -0.39 is 15.9 Å². The van der Waals surface area contributed by atoms with Crippen LogP contribution in [-0.2, 0) is 14.8 Å². The highest BCUT2D eigenvalue weighted by Gasteiger charge is 2.40. The Morgan fingerprint density at radius 2 is 2.00 bits per heavy atom. The molecule has 0 unspecified atom stereocenters. The summed E-state index contributed by atoms with van der Waals surface area (Å²) in [5.74, 6) is -0.479. The second-order valence-corrected chi connectivity index (χ2v) is 5.20. The van der Waals surface area contributed by atoms with E-state index in [0.717, 1.165) is 4.31 Å². The van der Waals surface area contributed by atoms with Crippen LogP contribution in [0.5, 0.6) is 0 Å². The number of carbonyl (C=O) groups is 1. The Morgan fingerprint density at radius 1 is 1.31 bits per heavy atom. The molecule has 1 amide bonds. The molecule has 6 heteroatoms. The van der Waals surface area contributed by atoms with Gasteiger partial charge in [-0.25, -0.2) is 12.7 Å². The van der Waals surface area contributed by atoms with Crippen LogP contribution >= 0.6 is 0 Å². The van der Waals surface area contributed by atoms with E-state index in [1.54, 1.807) is 12.1 Å². The summed E-state index contributed by atoms with van der Waals surface area (Å²) in [6.07, 6.45) is 0.